The lowest BCUT2D eigenvalue weighted by atomic mass is 10.0. The van der Waals surface area contributed by atoms with Crippen LogP contribution in [0.4, 0.5) is 0 Å². The summed E-state index contributed by atoms with van der Waals surface area (Å²) >= 11 is 1.41. The molecule has 7 heteroatoms. The molecule has 6 nitrogen and oxygen atoms in total. The molecule has 116 valence electrons. The lowest BCUT2D eigenvalue weighted by Crippen LogP contribution is -2.51. The van der Waals surface area contributed by atoms with Crippen LogP contribution in [-0.4, -0.2) is 39.3 Å². The van der Waals surface area contributed by atoms with Crippen LogP contribution in [0.15, 0.2) is 29.9 Å². The molecule has 3 heterocycles. The van der Waals surface area contributed by atoms with Crippen LogP contribution in [0.3, 0.4) is 0 Å². The third-order valence-electron chi connectivity index (χ3n) is 3.78. The van der Waals surface area contributed by atoms with E-state index in [-0.39, 0.29) is 11.8 Å². The molecule has 22 heavy (non-hydrogen) atoms. The second kappa shape index (κ2) is 6.74. The predicted octanol–water partition coefficient (Wildman–Crippen LogP) is 1.78. The SMILES string of the molecule is O=C(NCc1ncc[nH]1)C1CCCCN1C(=O)c1cccs1. The van der Waals surface area contributed by atoms with Gasteiger partial charge in [-0.25, -0.2) is 4.98 Å². The summed E-state index contributed by atoms with van der Waals surface area (Å²) in [6, 6.07) is 3.27. The van der Waals surface area contributed by atoms with Crippen molar-refractivity contribution >= 4 is 23.2 Å². The Balaban J connectivity index is 1.66. The summed E-state index contributed by atoms with van der Waals surface area (Å²) in [6.07, 6.45) is 5.98. The molecule has 0 aromatic carbocycles. The minimum atomic E-state index is -0.390. The van der Waals surface area contributed by atoms with Crippen LogP contribution in [0.2, 0.25) is 0 Å². The largest absolute Gasteiger partial charge is 0.347 e. The Bertz CT molecular complexity index is 624. The number of carbonyl (C=O) groups excluding carboxylic acids is 2. The number of amides is 2. The summed E-state index contributed by atoms with van der Waals surface area (Å²) in [5.74, 6) is 0.550. The average Bonchev–Trinajstić information content (AvgIpc) is 3.25. The van der Waals surface area contributed by atoms with Crippen molar-refractivity contribution in [2.45, 2.75) is 31.8 Å². The van der Waals surface area contributed by atoms with Crippen LogP contribution < -0.4 is 5.32 Å². The fourth-order valence-electron chi connectivity index (χ4n) is 2.67. The van der Waals surface area contributed by atoms with Crippen LogP contribution in [0.5, 0.6) is 0 Å². The Labute approximate surface area is 132 Å². The van der Waals surface area contributed by atoms with Crippen molar-refractivity contribution in [1.82, 2.24) is 20.2 Å². The number of hydrogen-bond acceptors (Lipinski definition) is 4. The number of carbonyl (C=O) groups is 2. The van der Waals surface area contributed by atoms with Crippen LogP contribution in [0.25, 0.3) is 0 Å². The van der Waals surface area contributed by atoms with E-state index in [9.17, 15) is 9.59 Å². The molecule has 2 amide bonds. The van der Waals surface area contributed by atoms with Crippen molar-refractivity contribution < 1.29 is 9.59 Å². The highest BCUT2D eigenvalue weighted by molar-refractivity contribution is 7.12. The van der Waals surface area contributed by atoms with Crippen LogP contribution in [-0.2, 0) is 11.3 Å². The number of nitrogens with one attached hydrogen (secondary N) is 2. The Morgan fingerprint density at radius 3 is 3.09 bits per heavy atom. The monoisotopic (exact) mass is 318 g/mol. The van der Waals surface area contributed by atoms with Gasteiger partial charge in [0, 0.05) is 18.9 Å². The average molecular weight is 318 g/mol. The molecule has 1 aliphatic heterocycles. The van der Waals surface area contributed by atoms with Gasteiger partial charge in [-0.3, -0.25) is 9.59 Å². The zero-order valence-electron chi connectivity index (χ0n) is 12.1. The zero-order chi connectivity index (χ0) is 15.4. The summed E-state index contributed by atoms with van der Waals surface area (Å²) in [5.41, 5.74) is 0. The van der Waals surface area contributed by atoms with E-state index >= 15 is 0 Å². The van der Waals surface area contributed by atoms with E-state index in [0.29, 0.717) is 30.2 Å². The van der Waals surface area contributed by atoms with Gasteiger partial charge in [-0.05, 0) is 30.7 Å². The molecule has 0 saturated carbocycles. The van der Waals surface area contributed by atoms with Gasteiger partial charge < -0.3 is 15.2 Å². The first-order valence-corrected chi connectivity index (χ1v) is 8.24. The minimum Gasteiger partial charge on any atom is -0.347 e. The molecule has 0 spiro atoms. The van der Waals surface area contributed by atoms with Crippen LogP contribution in [0, 0.1) is 0 Å². The summed E-state index contributed by atoms with van der Waals surface area (Å²) < 4.78 is 0. The Kier molecular flexibility index (Phi) is 4.53. The number of aromatic amines is 1. The first kappa shape index (κ1) is 14.8. The third kappa shape index (κ3) is 3.19. The molecule has 2 N–H and O–H groups in total. The highest BCUT2D eigenvalue weighted by Gasteiger charge is 2.32. The number of rotatable bonds is 4. The Morgan fingerprint density at radius 2 is 2.36 bits per heavy atom. The maximum absolute atomic E-state index is 12.5. The van der Waals surface area contributed by atoms with E-state index in [1.807, 2.05) is 11.4 Å². The van der Waals surface area contributed by atoms with Crippen molar-refractivity contribution in [3.8, 4) is 0 Å². The maximum Gasteiger partial charge on any atom is 0.264 e. The molecule has 1 atom stereocenters. The molecule has 1 fully saturated rings. The fraction of sp³-hybridized carbons (Fsp3) is 0.400. The molecule has 0 aliphatic carbocycles. The van der Waals surface area contributed by atoms with E-state index in [0.717, 1.165) is 12.8 Å². The fourth-order valence-corrected chi connectivity index (χ4v) is 3.35. The van der Waals surface area contributed by atoms with E-state index in [4.69, 9.17) is 0 Å². The van der Waals surface area contributed by atoms with Crippen molar-refractivity contribution in [2.24, 2.45) is 0 Å². The lowest BCUT2D eigenvalue weighted by Gasteiger charge is -2.34. The van der Waals surface area contributed by atoms with Crippen molar-refractivity contribution in [3.05, 3.63) is 40.6 Å². The van der Waals surface area contributed by atoms with Gasteiger partial charge in [-0.2, -0.15) is 0 Å². The second-order valence-electron chi connectivity index (χ2n) is 5.24. The quantitative estimate of drug-likeness (QED) is 0.902. The normalized spacial score (nSPS) is 18.2. The van der Waals surface area contributed by atoms with Crippen LogP contribution >= 0.6 is 11.3 Å². The summed E-state index contributed by atoms with van der Waals surface area (Å²) in [4.78, 5) is 34.4. The number of imidazole rings is 1. The molecule has 2 aromatic heterocycles. The number of piperidine rings is 1. The summed E-state index contributed by atoms with van der Waals surface area (Å²) in [5, 5.41) is 4.74. The number of aromatic nitrogens is 2. The smallest absolute Gasteiger partial charge is 0.264 e. The molecular formula is C15H18N4O2S. The summed E-state index contributed by atoms with van der Waals surface area (Å²) in [6.45, 7) is 0.985. The molecule has 1 aliphatic rings. The van der Waals surface area contributed by atoms with Crippen LogP contribution in [0.1, 0.15) is 34.8 Å². The Hall–Kier alpha value is -2.15. The van der Waals surface area contributed by atoms with Gasteiger partial charge in [-0.1, -0.05) is 6.07 Å². The Morgan fingerprint density at radius 1 is 1.45 bits per heavy atom. The third-order valence-corrected chi connectivity index (χ3v) is 4.64. The molecule has 2 aromatic rings. The number of thiophene rings is 1. The molecule has 1 saturated heterocycles. The van der Waals surface area contributed by atoms with Crippen molar-refractivity contribution in [2.75, 3.05) is 6.54 Å². The molecular weight excluding hydrogens is 300 g/mol. The first-order chi connectivity index (χ1) is 10.8. The maximum atomic E-state index is 12.5. The second-order valence-corrected chi connectivity index (χ2v) is 6.19. The molecule has 0 bridgehead atoms. The topological polar surface area (TPSA) is 78.1 Å². The van der Waals surface area contributed by atoms with Crippen molar-refractivity contribution in [3.63, 3.8) is 0 Å². The summed E-state index contributed by atoms with van der Waals surface area (Å²) in [7, 11) is 0. The zero-order valence-corrected chi connectivity index (χ0v) is 12.9. The van der Waals surface area contributed by atoms with E-state index in [1.54, 1.807) is 23.4 Å². The van der Waals surface area contributed by atoms with Gasteiger partial charge in [0.15, 0.2) is 0 Å². The van der Waals surface area contributed by atoms with Gasteiger partial charge in [0.1, 0.15) is 11.9 Å². The van der Waals surface area contributed by atoms with E-state index in [1.165, 1.54) is 11.3 Å². The highest BCUT2D eigenvalue weighted by Crippen LogP contribution is 2.21. The lowest BCUT2D eigenvalue weighted by molar-refractivity contribution is -0.126. The van der Waals surface area contributed by atoms with E-state index in [2.05, 4.69) is 15.3 Å². The van der Waals surface area contributed by atoms with Gasteiger partial charge in [-0.15, -0.1) is 11.3 Å². The highest BCUT2D eigenvalue weighted by atomic mass is 32.1. The number of likely N-dealkylation sites (tertiary alicyclic amines) is 1. The predicted molar refractivity (Wildman–Crippen MR) is 83.4 cm³/mol. The number of H-pyrrole nitrogens is 1. The van der Waals surface area contributed by atoms with Gasteiger partial charge >= 0.3 is 0 Å². The molecule has 1 unspecified atom stereocenters. The van der Waals surface area contributed by atoms with Crippen molar-refractivity contribution in [1.29, 1.82) is 0 Å². The van der Waals surface area contributed by atoms with Gasteiger partial charge in [0.2, 0.25) is 5.91 Å². The van der Waals surface area contributed by atoms with Gasteiger partial charge in [0.05, 0.1) is 11.4 Å². The first-order valence-electron chi connectivity index (χ1n) is 7.36. The molecule has 3 rings (SSSR count). The standard InChI is InChI=1S/C15H18N4O2S/c20-14(18-10-13-16-6-7-17-13)11-4-1-2-8-19(11)15(21)12-5-3-9-22-12/h3,5-7,9,11H,1-2,4,8,10H2,(H,16,17)(H,18,20). The number of hydrogen-bond donors (Lipinski definition) is 2. The molecule has 0 radical (unpaired) electrons. The minimum absolute atomic E-state index is 0.0483. The van der Waals surface area contributed by atoms with Gasteiger partial charge in [0.25, 0.3) is 5.91 Å². The van der Waals surface area contributed by atoms with E-state index < -0.39 is 6.04 Å². The number of nitrogens with zero attached hydrogens (tertiary/aromatic N) is 2.